The van der Waals surface area contributed by atoms with Crippen LogP contribution in [0.5, 0.6) is 5.75 Å². The van der Waals surface area contributed by atoms with Crippen LogP contribution in [0.3, 0.4) is 0 Å². The summed E-state index contributed by atoms with van der Waals surface area (Å²) in [6.45, 7) is 7.31. The molecule has 0 bridgehead atoms. The summed E-state index contributed by atoms with van der Waals surface area (Å²) in [6.07, 6.45) is 0. The molecule has 1 aliphatic heterocycles. The normalized spacial score (nSPS) is 15.9. The SMILES string of the molecule is COc1ccc(C#N)cc1CN(C)CCN1CCNCC1. The van der Waals surface area contributed by atoms with Crippen molar-refractivity contribution in [3.63, 3.8) is 0 Å². The van der Waals surface area contributed by atoms with Gasteiger partial charge in [0, 0.05) is 51.4 Å². The maximum absolute atomic E-state index is 9.02. The van der Waals surface area contributed by atoms with Gasteiger partial charge >= 0.3 is 0 Å². The lowest BCUT2D eigenvalue weighted by Gasteiger charge is -2.29. The van der Waals surface area contributed by atoms with Crippen LogP contribution >= 0.6 is 0 Å². The van der Waals surface area contributed by atoms with Gasteiger partial charge in [-0.3, -0.25) is 4.90 Å². The molecule has 114 valence electrons. The second-order valence-corrected chi connectivity index (χ2v) is 5.47. The Labute approximate surface area is 127 Å². The first-order valence-corrected chi connectivity index (χ1v) is 7.41. The number of hydrogen-bond donors (Lipinski definition) is 1. The Morgan fingerprint density at radius 3 is 2.81 bits per heavy atom. The zero-order valence-corrected chi connectivity index (χ0v) is 12.9. The number of benzene rings is 1. The molecule has 0 radical (unpaired) electrons. The van der Waals surface area contributed by atoms with Gasteiger partial charge in [0.1, 0.15) is 5.75 Å². The number of nitrogens with one attached hydrogen (secondary N) is 1. The summed E-state index contributed by atoms with van der Waals surface area (Å²) in [5.41, 5.74) is 1.75. The van der Waals surface area contributed by atoms with Gasteiger partial charge in [-0.1, -0.05) is 0 Å². The fraction of sp³-hybridized carbons (Fsp3) is 0.562. The summed E-state index contributed by atoms with van der Waals surface area (Å²) in [5.74, 6) is 0.850. The number of piperazine rings is 1. The molecule has 0 atom stereocenters. The number of rotatable bonds is 6. The van der Waals surface area contributed by atoms with Gasteiger partial charge in [0.15, 0.2) is 0 Å². The standard InChI is InChI=1S/C16H24N4O/c1-19(9-10-20-7-5-18-6-8-20)13-15-11-14(12-17)3-4-16(15)21-2/h3-4,11,18H,5-10,13H2,1-2H3. The third kappa shape index (κ3) is 4.71. The molecular formula is C16H24N4O. The van der Waals surface area contributed by atoms with Gasteiger partial charge in [-0.05, 0) is 25.2 Å². The molecule has 1 aliphatic rings. The Morgan fingerprint density at radius 1 is 1.38 bits per heavy atom. The van der Waals surface area contributed by atoms with Crippen LogP contribution in [0.1, 0.15) is 11.1 Å². The summed E-state index contributed by atoms with van der Waals surface area (Å²) < 4.78 is 5.39. The van der Waals surface area contributed by atoms with Crippen molar-refractivity contribution in [2.45, 2.75) is 6.54 Å². The molecule has 1 fully saturated rings. The highest BCUT2D eigenvalue weighted by atomic mass is 16.5. The van der Waals surface area contributed by atoms with Gasteiger partial charge in [0.05, 0.1) is 18.7 Å². The number of methoxy groups -OCH3 is 1. The molecule has 0 unspecified atom stereocenters. The lowest BCUT2D eigenvalue weighted by atomic mass is 10.1. The van der Waals surface area contributed by atoms with Gasteiger partial charge < -0.3 is 15.0 Å². The highest BCUT2D eigenvalue weighted by molar-refractivity contribution is 5.41. The first kappa shape index (κ1) is 15.8. The molecule has 5 nitrogen and oxygen atoms in total. The van der Waals surface area contributed by atoms with Gasteiger partial charge in [0.25, 0.3) is 0 Å². The zero-order valence-electron chi connectivity index (χ0n) is 12.9. The van der Waals surface area contributed by atoms with Gasteiger partial charge in [0.2, 0.25) is 0 Å². The van der Waals surface area contributed by atoms with E-state index in [4.69, 9.17) is 10.00 Å². The minimum atomic E-state index is 0.682. The van der Waals surface area contributed by atoms with Crippen molar-refractivity contribution >= 4 is 0 Å². The van der Waals surface area contributed by atoms with E-state index in [0.29, 0.717) is 5.56 Å². The van der Waals surface area contributed by atoms with Gasteiger partial charge in [-0.15, -0.1) is 0 Å². The van der Waals surface area contributed by atoms with Crippen molar-refractivity contribution in [1.29, 1.82) is 5.26 Å². The van der Waals surface area contributed by atoms with Crippen LogP contribution in [-0.2, 0) is 6.54 Å². The van der Waals surface area contributed by atoms with E-state index in [2.05, 4.69) is 28.2 Å². The Morgan fingerprint density at radius 2 is 2.14 bits per heavy atom. The molecule has 0 aromatic heterocycles. The predicted molar refractivity (Wildman–Crippen MR) is 83.4 cm³/mol. The fourth-order valence-corrected chi connectivity index (χ4v) is 2.59. The second kappa shape index (κ2) is 7.99. The van der Waals surface area contributed by atoms with E-state index in [1.165, 1.54) is 0 Å². The minimum Gasteiger partial charge on any atom is -0.496 e. The highest BCUT2D eigenvalue weighted by Crippen LogP contribution is 2.21. The first-order valence-electron chi connectivity index (χ1n) is 7.41. The van der Waals surface area contributed by atoms with Crippen LogP contribution in [0.4, 0.5) is 0 Å². The van der Waals surface area contributed by atoms with Crippen LogP contribution in [0.2, 0.25) is 0 Å². The van der Waals surface area contributed by atoms with E-state index in [-0.39, 0.29) is 0 Å². The van der Waals surface area contributed by atoms with Crippen molar-refractivity contribution in [2.75, 3.05) is 53.4 Å². The Hall–Kier alpha value is -1.61. The van der Waals surface area contributed by atoms with E-state index in [9.17, 15) is 0 Å². The number of nitriles is 1. The van der Waals surface area contributed by atoms with Crippen molar-refractivity contribution in [1.82, 2.24) is 15.1 Å². The van der Waals surface area contributed by atoms with E-state index in [1.54, 1.807) is 13.2 Å². The lowest BCUT2D eigenvalue weighted by Crippen LogP contribution is -2.45. The molecule has 5 heteroatoms. The molecule has 1 heterocycles. The fourth-order valence-electron chi connectivity index (χ4n) is 2.59. The Balaban J connectivity index is 1.89. The predicted octanol–water partition coefficient (Wildman–Crippen LogP) is 0.904. The molecule has 1 saturated heterocycles. The third-order valence-corrected chi connectivity index (χ3v) is 3.86. The summed E-state index contributed by atoms with van der Waals surface area (Å²) >= 11 is 0. The zero-order chi connectivity index (χ0) is 15.1. The number of ether oxygens (including phenoxy) is 1. The topological polar surface area (TPSA) is 51.5 Å². The smallest absolute Gasteiger partial charge is 0.123 e. The summed E-state index contributed by atoms with van der Waals surface area (Å²) in [5, 5.41) is 12.4. The van der Waals surface area contributed by atoms with Crippen molar-refractivity contribution in [3.05, 3.63) is 29.3 Å². The average molecular weight is 288 g/mol. The Kier molecular flexibility index (Phi) is 6.00. The van der Waals surface area contributed by atoms with Crippen molar-refractivity contribution in [2.24, 2.45) is 0 Å². The van der Waals surface area contributed by atoms with Crippen LogP contribution in [-0.4, -0.2) is 63.2 Å². The van der Waals surface area contributed by atoms with Crippen LogP contribution < -0.4 is 10.1 Å². The first-order chi connectivity index (χ1) is 10.2. The molecule has 1 aromatic rings. The maximum Gasteiger partial charge on any atom is 0.123 e. The maximum atomic E-state index is 9.02. The van der Waals surface area contributed by atoms with Crippen molar-refractivity contribution < 1.29 is 4.74 Å². The number of hydrogen-bond acceptors (Lipinski definition) is 5. The molecule has 0 aliphatic carbocycles. The van der Waals surface area contributed by atoms with E-state index in [0.717, 1.165) is 57.1 Å². The van der Waals surface area contributed by atoms with Crippen LogP contribution in [0.15, 0.2) is 18.2 Å². The van der Waals surface area contributed by atoms with E-state index >= 15 is 0 Å². The molecule has 0 saturated carbocycles. The Bertz CT molecular complexity index is 492. The second-order valence-electron chi connectivity index (χ2n) is 5.47. The van der Waals surface area contributed by atoms with E-state index in [1.807, 2.05) is 12.1 Å². The van der Waals surface area contributed by atoms with Gasteiger partial charge in [-0.2, -0.15) is 5.26 Å². The largest absolute Gasteiger partial charge is 0.496 e. The molecule has 1 aromatic carbocycles. The quantitative estimate of drug-likeness (QED) is 0.843. The van der Waals surface area contributed by atoms with Crippen LogP contribution in [0.25, 0.3) is 0 Å². The summed E-state index contributed by atoms with van der Waals surface area (Å²) in [4.78, 5) is 4.76. The molecular weight excluding hydrogens is 264 g/mol. The molecule has 21 heavy (non-hydrogen) atoms. The lowest BCUT2D eigenvalue weighted by molar-refractivity contribution is 0.201. The molecule has 2 rings (SSSR count). The highest BCUT2D eigenvalue weighted by Gasteiger charge is 2.12. The number of likely N-dealkylation sites (N-methyl/N-ethyl adjacent to an activating group) is 1. The van der Waals surface area contributed by atoms with Gasteiger partial charge in [-0.25, -0.2) is 0 Å². The molecule has 1 N–H and O–H groups in total. The molecule has 0 amide bonds. The van der Waals surface area contributed by atoms with E-state index < -0.39 is 0 Å². The summed E-state index contributed by atoms with van der Waals surface area (Å²) in [6, 6.07) is 7.77. The third-order valence-electron chi connectivity index (χ3n) is 3.86. The average Bonchev–Trinajstić information content (AvgIpc) is 2.54. The number of nitrogens with zero attached hydrogens (tertiary/aromatic N) is 3. The van der Waals surface area contributed by atoms with Crippen molar-refractivity contribution in [3.8, 4) is 11.8 Å². The molecule has 0 spiro atoms. The van der Waals surface area contributed by atoms with Crippen LogP contribution in [0, 0.1) is 11.3 Å². The minimum absolute atomic E-state index is 0.682. The monoisotopic (exact) mass is 288 g/mol. The summed E-state index contributed by atoms with van der Waals surface area (Å²) in [7, 11) is 3.78.